The summed E-state index contributed by atoms with van der Waals surface area (Å²) in [4.78, 5) is 37.0. The molecule has 166 valence electrons. The maximum atomic E-state index is 13.5. The minimum Gasteiger partial charge on any atom is -0.481 e. The monoisotopic (exact) mass is 441 g/mol. The first-order chi connectivity index (χ1) is 15.9. The van der Waals surface area contributed by atoms with Crippen LogP contribution in [0.3, 0.4) is 0 Å². The minimum absolute atomic E-state index is 0.284. The van der Waals surface area contributed by atoms with Crippen molar-refractivity contribution in [2.24, 2.45) is 0 Å². The van der Waals surface area contributed by atoms with Gasteiger partial charge in [-0.25, -0.2) is 0 Å². The summed E-state index contributed by atoms with van der Waals surface area (Å²) in [5.41, 5.74) is 3.18. The molecular weight excluding hydrogens is 418 g/mol. The van der Waals surface area contributed by atoms with Crippen LogP contribution >= 0.6 is 0 Å². The lowest BCUT2D eigenvalue weighted by Crippen LogP contribution is -2.18. The highest BCUT2D eigenvalue weighted by atomic mass is 16.5. The number of nitrogens with zero attached hydrogens (tertiary/aromatic N) is 1. The number of hydrogen-bond donors (Lipinski definition) is 1. The van der Waals surface area contributed by atoms with Crippen molar-refractivity contribution >= 4 is 28.7 Å². The van der Waals surface area contributed by atoms with E-state index >= 15 is 0 Å². The first-order valence-electron chi connectivity index (χ1n) is 10.6. The number of hydrogen-bond acceptors (Lipinski definition) is 4. The maximum Gasteiger partial charge on any atom is 0.311 e. The number of carboxylic acid groups (broad SMARTS) is 1. The number of para-hydroxylation sites is 1. The first-order valence-corrected chi connectivity index (χ1v) is 10.6. The predicted octanol–water partition coefficient (Wildman–Crippen LogP) is 4.97. The maximum absolute atomic E-state index is 13.5. The summed E-state index contributed by atoms with van der Waals surface area (Å²) in [5.74, 6) is -2.12. The number of carboxylic acids is 1. The van der Waals surface area contributed by atoms with E-state index in [0.29, 0.717) is 34.5 Å². The van der Waals surface area contributed by atoms with Crippen LogP contribution in [0.5, 0.6) is 5.75 Å². The molecule has 1 unspecified atom stereocenters. The Morgan fingerprint density at radius 2 is 1.55 bits per heavy atom. The first kappa shape index (κ1) is 22.0. The Morgan fingerprint density at radius 3 is 2.18 bits per heavy atom. The van der Waals surface area contributed by atoms with Crippen molar-refractivity contribution in [3.05, 3.63) is 101 Å². The minimum atomic E-state index is -0.942. The Labute approximate surface area is 191 Å². The second kappa shape index (κ2) is 9.12. The number of ether oxygens (including phenoxy) is 1. The van der Waals surface area contributed by atoms with E-state index in [2.05, 4.69) is 0 Å². The SMILES string of the molecule is CC(=O)Oc1ccc(C(=O)n2c(C)c(C(Cc3ccccc3)C(=O)O)c3ccccc32)cc1. The van der Waals surface area contributed by atoms with Gasteiger partial charge in [-0.05, 0) is 54.8 Å². The van der Waals surface area contributed by atoms with Crippen molar-refractivity contribution in [3.63, 3.8) is 0 Å². The molecule has 4 aromatic rings. The lowest BCUT2D eigenvalue weighted by atomic mass is 9.90. The summed E-state index contributed by atoms with van der Waals surface area (Å²) in [7, 11) is 0. The lowest BCUT2D eigenvalue weighted by molar-refractivity contribution is -0.138. The van der Waals surface area contributed by atoms with E-state index in [4.69, 9.17) is 4.74 Å². The van der Waals surface area contributed by atoms with Crippen LogP contribution in [0.4, 0.5) is 0 Å². The number of fused-ring (bicyclic) bond motifs is 1. The third-order valence-corrected chi connectivity index (χ3v) is 5.66. The standard InChI is InChI=1S/C27H23NO5/c1-17-25(23(27(31)32)16-19-8-4-3-5-9-19)22-10-6-7-11-24(22)28(17)26(30)20-12-14-21(15-13-20)33-18(2)29/h3-15,23H,16H2,1-2H3,(H,31,32). The molecule has 1 heterocycles. The van der Waals surface area contributed by atoms with E-state index in [1.54, 1.807) is 35.8 Å². The van der Waals surface area contributed by atoms with Gasteiger partial charge in [0, 0.05) is 23.6 Å². The summed E-state index contributed by atoms with van der Waals surface area (Å²) < 4.78 is 6.61. The van der Waals surface area contributed by atoms with E-state index in [-0.39, 0.29) is 5.91 Å². The third-order valence-electron chi connectivity index (χ3n) is 5.66. The van der Waals surface area contributed by atoms with Gasteiger partial charge < -0.3 is 9.84 Å². The van der Waals surface area contributed by atoms with E-state index in [1.165, 1.54) is 6.92 Å². The second-order valence-corrected chi connectivity index (χ2v) is 7.86. The highest BCUT2D eigenvalue weighted by molar-refractivity contribution is 6.05. The predicted molar refractivity (Wildman–Crippen MR) is 125 cm³/mol. The van der Waals surface area contributed by atoms with Crippen LogP contribution in [0.15, 0.2) is 78.9 Å². The Bertz CT molecular complexity index is 1340. The van der Waals surface area contributed by atoms with Crippen LogP contribution < -0.4 is 4.74 Å². The van der Waals surface area contributed by atoms with Crippen LogP contribution in [0.1, 0.15) is 40.0 Å². The second-order valence-electron chi connectivity index (χ2n) is 7.86. The van der Waals surface area contributed by atoms with Gasteiger partial charge in [0.2, 0.25) is 0 Å². The molecule has 0 radical (unpaired) electrons. The number of esters is 1. The molecular formula is C27H23NO5. The third kappa shape index (κ3) is 4.41. The summed E-state index contributed by atoms with van der Waals surface area (Å²) in [6, 6.07) is 23.1. The Balaban J connectivity index is 1.80. The van der Waals surface area contributed by atoms with Crippen molar-refractivity contribution < 1.29 is 24.2 Å². The van der Waals surface area contributed by atoms with Gasteiger partial charge in [0.05, 0.1) is 11.4 Å². The van der Waals surface area contributed by atoms with E-state index < -0.39 is 17.9 Å². The molecule has 0 aliphatic heterocycles. The fourth-order valence-corrected chi connectivity index (χ4v) is 4.22. The fraction of sp³-hybridized carbons (Fsp3) is 0.148. The van der Waals surface area contributed by atoms with E-state index in [0.717, 1.165) is 10.9 Å². The smallest absolute Gasteiger partial charge is 0.311 e. The van der Waals surface area contributed by atoms with Gasteiger partial charge in [-0.2, -0.15) is 0 Å². The van der Waals surface area contributed by atoms with Crippen molar-refractivity contribution in [3.8, 4) is 5.75 Å². The van der Waals surface area contributed by atoms with Crippen LogP contribution in [0.25, 0.3) is 10.9 Å². The summed E-state index contributed by atoms with van der Waals surface area (Å²) in [6.07, 6.45) is 0.316. The molecule has 1 N–H and O–H groups in total. The van der Waals surface area contributed by atoms with Crippen LogP contribution in [-0.2, 0) is 16.0 Å². The molecule has 1 atom stereocenters. The molecule has 0 bridgehead atoms. The molecule has 4 rings (SSSR count). The van der Waals surface area contributed by atoms with E-state index in [1.807, 2.05) is 54.6 Å². The quantitative estimate of drug-likeness (QED) is 0.337. The molecule has 0 aliphatic carbocycles. The van der Waals surface area contributed by atoms with E-state index in [9.17, 15) is 19.5 Å². The zero-order valence-electron chi connectivity index (χ0n) is 18.3. The van der Waals surface area contributed by atoms with Crippen molar-refractivity contribution in [2.75, 3.05) is 0 Å². The Morgan fingerprint density at radius 1 is 0.909 bits per heavy atom. The van der Waals surface area contributed by atoms with Crippen LogP contribution in [0, 0.1) is 6.92 Å². The van der Waals surface area contributed by atoms with Gasteiger partial charge in [-0.3, -0.25) is 19.0 Å². The molecule has 3 aromatic carbocycles. The molecule has 0 fully saturated rings. The normalized spacial score (nSPS) is 11.8. The number of aromatic nitrogens is 1. The molecule has 6 nitrogen and oxygen atoms in total. The number of carbonyl (C=O) groups excluding carboxylic acids is 2. The van der Waals surface area contributed by atoms with Crippen LogP contribution in [0.2, 0.25) is 0 Å². The van der Waals surface area contributed by atoms with Gasteiger partial charge in [-0.1, -0.05) is 48.5 Å². The molecule has 33 heavy (non-hydrogen) atoms. The number of carbonyl (C=O) groups is 3. The van der Waals surface area contributed by atoms with Crippen molar-refractivity contribution in [1.82, 2.24) is 4.57 Å². The largest absolute Gasteiger partial charge is 0.481 e. The van der Waals surface area contributed by atoms with Gasteiger partial charge in [-0.15, -0.1) is 0 Å². The molecule has 0 saturated carbocycles. The van der Waals surface area contributed by atoms with Crippen molar-refractivity contribution in [2.45, 2.75) is 26.2 Å². The Kier molecular flexibility index (Phi) is 6.09. The summed E-state index contributed by atoms with van der Waals surface area (Å²) in [5, 5.41) is 10.8. The lowest BCUT2D eigenvalue weighted by Gasteiger charge is -2.14. The van der Waals surface area contributed by atoms with Gasteiger partial charge >= 0.3 is 11.9 Å². The molecule has 0 saturated heterocycles. The summed E-state index contributed by atoms with van der Waals surface area (Å²) >= 11 is 0. The topological polar surface area (TPSA) is 85.6 Å². The molecule has 1 aromatic heterocycles. The van der Waals surface area contributed by atoms with Gasteiger partial charge in [0.1, 0.15) is 5.75 Å². The average molecular weight is 441 g/mol. The fourth-order valence-electron chi connectivity index (χ4n) is 4.22. The number of benzene rings is 3. The molecule has 6 heteroatoms. The highest BCUT2D eigenvalue weighted by Crippen LogP contribution is 2.34. The van der Waals surface area contributed by atoms with Crippen molar-refractivity contribution in [1.29, 1.82) is 0 Å². The zero-order chi connectivity index (χ0) is 23.5. The van der Waals surface area contributed by atoms with Gasteiger partial charge in [0.25, 0.3) is 5.91 Å². The average Bonchev–Trinajstić information content (AvgIpc) is 3.09. The Hall–Kier alpha value is -4.19. The van der Waals surface area contributed by atoms with Gasteiger partial charge in [0.15, 0.2) is 0 Å². The molecule has 0 spiro atoms. The highest BCUT2D eigenvalue weighted by Gasteiger charge is 2.29. The molecule has 0 amide bonds. The zero-order valence-corrected chi connectivity index (χ0v) is 18.3. The number of aliphatic carboxylic acids is 1. The summed E-state index contributed by atoms with van der Waals surface area (Å²) in [6.45, 7) is 3.09. The number of rotatable bonds is 6. The molecule has 0 aliphatic rings. The van der Waals surface area contributed by atoms with Crippen LogP contribution in [-0.4, -0.2) is 27.5 Å².